The van der Waals surface area contributed by atoms with Gasteiger partial charge in [0, 0.05) is 6.04 Å². The zero-order valence-corrected chi connectivity index (χ0v) is 10.3. The van der Waals surface area contributed by atoms with Crippen molar-refractivity contribution in [3.8, 4) is 0 Å². The Balaban J connectivity index is 2.27. The fourth-order valence-corrected chi connectivity index (χ4v) is 2.31. The normalized spacial score (nSPS) is 35.6. The van der Waals surface area contributed by atoms with E-state index in [-0.39, 0.29) is 0 Å². The van der Waals surface area contributed by atoms with Crippen LogP contribution in [-0.2, 0) is 0 Å². The Kier molecular flexibility index (Phi) is 4.94. The molecule has 1 N–H and O–H groups in total. The molecule has 1 rings (SSSR count). The van der Waals surface area contributed by atoms with Crippen LogP contribution in [0.25, 0.3) is 0 Å². The topological polar surface area (TPSA) is 12.0 Å². The monoisotopic (exact) mass is 197 g/mol. The van der Waals surface area contributed by atoms with Gasteiger partial charge in [0.1, 0.15) is 0 Å². The molecule has 0 aromatic carbocycles. The number of hydrogen-bond donors (Lipinski definition) is 1. The summed E-state index contributed by atoms with van der Waals surface area (Å²) in [6.07, 6.45) is 5.53. The Hall–Kier alpha value is -0.0400. The minimum absolute atomic E-state index is 0.785. The Morgan fingerprint density at radius 3 is 2.64 bits per heavy atom. The van der Waals surface area contributed by atoms with E-state index < -0.39 is 0 Å². The van der Waals surface area contributed by atoms with Crippen LogP contribution in [0.2, 0.25) is 0 Å². The van der Waals surface area contributed by atoms with Crippen molar-refractivity contribution < 1.29 is 0 Å². The smallest absolute Gasteiger partial charge is 0.00953 e. The lowest BCUT2D eigenvalue weighted by Gasteiger charge is -2.34. The van der Waals surface area contributed by atoms with Crippen LogP contribution in [0.4, 0.5) is 0 Å². The van der Waals surface area contributed by atoms with Crippen LogP contribution in [-0.4, -0.2) is 12.6 Å². The molecule has 0 aliphatic heterocycles. The molecule has 1 aliphatic carbocycles. The highest BCUT2D eigenvalue weighted by Crippen LogP contribution is 2.28. The lowest BCUT2D eigenvalue weighted by atomic mass is 9.80. The predicted molar refractivity (Wildman–Crippen MR) is 63.4 cm³/mol. The second-order valence-electron chi connectivity index (χ2n) is 5.42. The van der Waals surface area contributed by atoms with Gasteiger partial charge in [-0.2, -0.15) is 0 Å². The van der Waals surface area contributed by atoms with Gasteiger partial charge < -0.3 is 5.32 Å². The van der Waals surface area contributed by atoms with Crippen LogP contribution in [0.1, 0.15) is 53.4 Å². The van der Waals surface area contributed by atoms with Gasteiger partial charge in [-0.3, -0.25) is 0 Å². The molecule has 0 amide bonds. The maximum absolute atomic E-state index is 3.75. The van der Waals surface area contributed by atoms with Crippen molar-refractivity contribution in [1.82, 2.24) is 5.32 Å². The Labute approximate surface area is 89.7 Å². The fraction of sp³-hybridized carbons (Fsp3) is 1.00. The van der Waals surface area contributed by atoms with Crippen molar-refractivity contribution in [3.05, 3.63) is 0 Å². The summed E-state index contributed by atoms with van der Waals surface area (Å²) in [7, 11) is 0. The second kappa shape index (κ2) is 5.75. The molecular weight excluding hydrogens is 170 g/mol. The largest absolute Gasteiger partial charge is 0.313 e. The number of nitrogens with one attached hydrogen (secondary N) is 1. The summed E-state index contributed by atoms with van der Waals surface area (Å²) in [5.74, 6) is 2.65. The molecule has 4 unspecified atom stereocenters. The van der Waals surface area contributed by atoms with Crippen LogP contribution < -0.4 is 5.32 Å². The summed E-state index contributed by atoms with van der Waals surface area (Å²) in [5.41, 5.74) is 0. The van der Waals surface area contributed by atoms with Gasteiger partial charge in [-0.15, -0.1) is 0 Å². The summed E-state index contributed by atoms with van der Waals surface area (Å²) in [6.45, 7) is 10.6. The summed E-state index contributed by atoms with van der Waals surface area (Å²) in [6, 6.07) is 0.785. The SMILES string of the molecule is CCC(C)CNC1CC(C)CCC1C. The quantitative estimate of drug-likeness (QED) is 0.728. The van der Waals surface area contributed by atoms with E-state index in [0.717, 1.165) is 23.8 Å². The molecule has 1 saturated carbocycles. The second-order valence-corrected chi connectivity index (χ2v) is 5.42. The van der Waals surface area contributed by atoms with E-state index in [4.69, 9.17) is 0 Å². The first-order chi connectivity index (χ1) is 6.63. The highest BCUT2D eigenvalue weighted by atomic mass is 14.9. The summed E-state index contributed by atoms with van der Waals surface area (Å²) < 4.78 is 0. The third-order valence-corrected chi connectivity index (χ3v) is 3.88. The minimum atomic E-state index is 0.785. The van der Waals surface area contributed by atoms with Gasteiger partial charge in [0.25, 0.3) is 0 Å². The lowest BCUT2D eigenvalue weighted by molar-refractivity contribution is 0.222. The average molecular weight is 197 g/mol. The molecule has 1 nitrogen and oxygen atoms in total. The molecule has 1 fully saturated rings. The number of rotatable bonds is 4. The summed E-state index contributed by atoms with van der Waals surface area (Å²) >= 11 is 0. The first-order valence-electron chi connectivity index (χ1n) is 6.36. The highest BCUT2D eigenvalue weighted by Gasteiger charge is 2.24. The molecule has 0 aromatic rings. The van der Waals surface area contributed by atoms with E-state index >= 15 is 0 Å². The van der Waals surface area contributed by atoms with Gasteiger partial charge in [-0.25, -0.2) is 0 Å². The third kappa shape index (κ3) is 3.61. The Bertz CT molecular complexity index is 155. The highest BCUT2D eigenvalue weighted by molar-refractivity contribution is 4.81. The molecule has 84 valence electrons. The van der Waals surface area contributed by atoms with Crippen LogP contribution in [0.15, 0.2) is 0 Å². The first kappa shape index (κ1) is 12.0. The molecule has 1 aliphatic rings. The van der Waals surface area contributed by atoms with Crippen molar-refractivity contribution in [2.75, 3.05) is 6.54 Å². The molecule has 0 bridgehead atoms. The first-order valence-corrected chi connectivity index (χ1v) is 6.36. The molecular formula is C13H27N. The maximum atomic E-state index is 3.75. The molecule has 4 atom stereocenters. The Morgan fingerprint density at radius 1 is 1.29 bits per heavy atom. The molecule has 0 saturated heterocycles. The molecule has 0 heterocycles. The average Bonchev–Trinajstić information content (AvgIpc) is 2.19. The van der Waals surface area contributed by atoms with Crippen molar-refractivity contribution in [2.45, 2.75) is 59.4 Å². The van der Waals surface area contributed by atoms with Gasteiger partial charge in [-0.05, 0) is 37.1 Å². The van der Waals surface area contributed by atoms with Gasteiger partial charge in [0.15, 0.2) is 0 Å². The van der Waals surface area contributed by atoms with Gasteiger partial charge in [0.05, 0.1) is 0 Å². The lowest BCUT2D eigenvalue weighted by Crippen LogP contribution is -2.41. The van der Waals surface area contributed by atoms with Crippen molar-refractivity contribution in [3.63, 3.8) is 0 Å². The van der Waals surface area contributed by atoms with Gasteiger partial charge >= 0.3 is 0 Å². The van der Waals surface area contributed by atoms with E-state index in [1.807, 2.05) is 0 Å². The van der Waals surface area contributed by atoms with E-state index in [0.29, 0.717) is 0 Å². The zero-order valence-electron chi connectivity index (χ0n) is 10.3. The summed E-state index contributed by atoms with van der Waals surface area (Å²) in [5, 5.41) is 3.75. The van der Waals surface area contributed by atoms with Crippen molar-refractivity contribution in [2.24, 2.45) is 17.8 Å². The maximum Gasteiger partial charge on any atom is 0.00953 e. The predicted octanol–water partition coefficient (Wildman–Crippen LogP) is 3.45. The molecule has 14 heavy (non-hydrogen) atoms. The molecule has 0 radical (unpaired) electrons. The van der Waals surface area contributed by atoms with E-state index in [1.54, 1.807) is 0 Å². The van der Waals surface area contributed by atoms with Crippen molar-refractivity contribution in [1.29, 1.82) is 0 Å². The molecule has 0 spiro atoms. The zero-order chi connectivity index (χ0) is 10.6. The molecule has 1 heteroatoms. The summed E-state index contributed by atoms with van der Waals surface area (Å²) in [4.78, 5) is 0. The van der Waals surface area contributed by atoms with Crippen molar-refractivity contribution >= 4 is 0 Å². The van der Waals surface area contributed by atoms with Gasteiger partial charge in [-0.1, -0.05) is 40.5 Å². The van der Waals surface area contributed by atoms with Crippen LogP contribution in [0, 0.1) is 17.8 Å². The number of hydrogen-bond acceptors (Lipinski definition) is 1. The fourth-order valence-electron chi connectivity index (χ4n) is 2.31. The van der Waals surface area contributed by atoms with E-state index in [1.165, 1.54) is 32.2 Å². The Morgan fingerprint density at radius 2 is 2.00 bits per heavy atom. The van der Waals surface area contributed by atoms with Crippen LogP contribution in [0.3, 0.4) is 0 Å². The minimum Gasteiger partial charge on any atom is -0.313 e. The van der Waals surface area contributed by atoms with E-state index in [9.17, 15) is 0 Å². The standard InChI is InChI=1S/C13H27N/c1-5-10(2)9-14-13-8-11(3)6-7-12(13)4/h10-14H,5-9H2,1-4H3. The third-order valence-electron chi connectivity index (χ3n) is 3.88. The van der Waals surface area contributed by atoms with Gasteiger partial charge in [0.2, 0.25) is 0 Å². The molecule has 0 aromatic heterocycles. The van der Waals surface area contributed by atoms with Crippen LogP contribution >= 0.6 is 0 Å². The van der Waals surface area contributed by atoms with Crippen LogP contribution in [0.5, 0.6) is 0 Å². The van der Waals surface area contributed by atoms with E-state index in [2.05, 4.69) is 33.0 Å².